The molecule has 0 bridgehead atoms. The fourth-order valence-corrected chi connectivity index (χ4v) is 2.14. The van der Waals surface area contributed by atoms with Gasteiger partial charge in [0.1, 0.15) is 5.69 Å². The van der Waals surface area contributed by atoms with Crippen molar-refractivity contribution in [3.8, 4) is 0 Å². The molecule has 0 aromatic carbocycles. The van der Waals surface area contributed by atoms with Crippen LogP contribution in [0.2, 0.25) is 0 Å². The lowest BCUT2D eigenvalue weighted by atomic mass is 10.1. The van der Waals surface area contributed by atoms with Crippen molar-refractivity contribution in [2.24, 2.45) is 5.92 Å². The highest BCUT2D eigenvalue weighted by molar-refractivity contribution is 5.92. The zero-order valence-electron chi connectivity index (χ0n) is 12.8. The topological polar surface area (TPSA) is 67.2 Å². The van der Waals surface area contributed by atoms with Crippen LogP contribution in [0.15, 0.2) is 6.07 Å². The number of hydrogen-bond donors (Lipinski definition) is 2. The summed E-state index contributed by atoms with van der Waals surface area (Å²) in [4.78, 5) is 12.1. The van der Waals surface area contributed by atoms with E-state index in [1.807, 2.05) is 17.7 Å². The molecule has 1 aliphatic carbocycles. The molecule has 1 aromatic heterocycles. The van der Waals surface area contributed by atoms with Crippen LogP contribution in [0, 0.1) is 5.92 Å². The van der Waals surface area contributed by atoms with Crippen LogP contribution in [0.1, 0.15) is 62.6 Å². The first-order valence-corrected chi connectivity index (χ1v) is 7.32. The van der Waals surface area contributed by atoms with Crippen molar-refractivity contribution in [3.05, 3.63) is 17.5 Å². The Balaban J connectivity index is 2.14. The fraction of sp³-hybridized carbons (Fsp3) is 0.733. The van der Waals surface area contributed by atoms with Crippen LogP contribution in [0.25, 0.3) is 0 Å². The fourth-order valence-electron chi connectivity index (χ4n) is 2.14. The quantitative estimate of drug-likeness (QED) is 0.864. The summed E-state index contributed by atoms with van der Waals surface area (Å²) < 4.78 is 1.98. The zero-order chi connectivity index (χ0) is 14.9. The van der Waals surface area contributed by atoms with Crippen LogP contribution in [-0.4, -0.2) is 33.9 Å². The molecule has 0 radical (unpaired) electrons. The molecule has 1 fully saturated rings. The summed E-state index contributed by atoms with van der Waals surface area (Å²) in [5.74, 6) is 0.460. The summed E-state index contributed by atoms with van der Waals surface area (Å²) >= 11 is 0. The Morgan fingerprint density at radius 1 is 1.55 bits per heavy atom. The molecule has 1 atom stereocenters. The minimum absolute atomic E-state index is 0.0616. The number of carbonyl (C=O) groups excluding carboxylic acids is 1. The lowest BCUT2D eigenvalue weighted by Gasteiger charge is -2.22. The minimum atomic E-state index is -0.157. The second-order valence-corrected chi connectivity index (χ2v) is 6.81. The van der Waals surface area contributed by atoms with Gasteiger partial charge in [0.2, 0.25) is 0 Å². The van der Waals surface area contributed by atoms with Gasteiger partial charge in [-0.3, -0.25) is 9.48 Å². The van der Waals surface area contributed by atoms with E-state index in [0.717, 1.165) is 5.69 Å². The van der Waals surface area contributed by atoms with Crippen molar-refractivity contribution in [2.75, 3.05) is 13.2 Å². The maximum atomic E-state index is 12.1. The lowest BCUT2D eigenvalue weighted by molar-refractivity contribution is 0.0935. The van der Waals surface area contributed by atoms with E-state index in [1.54, 1.807) is 0 Å². The third kappa shape index (κ3) is 3.39. The van der Waals surface area contributed by atoms with E-state index < -0.39 is 0 Å². The number of nitrogens with zero attached hydrogens (tertiary/aromatic N) is 2. The van der Waals surface area contributed by atoms with Crippen molar-refractivity contribution in [1.29, 1.82) is 0 Å². The Labute approximate surface area is 120 Å². The summed E-state index contributed by atoms with van der Waals surface area (Å²) in [6.07, 6.45) is 2.37. The van der Waals surface area contributed by atoms with Crippen LogP contribution in [0.4, 0.5) is 0 Å². The van der Waals surface area contributed by atoms with Gasteiger partial charge in [0.15, 0.2) is 0 Å². The highest BCUT2D eigenvalue weighted by atomic mass is 16.3. The maximum absolute atomic E-state index is 12.1. The average molecular weight is 279 g/mol. The van der Waals surface area contributed by atoms with Crippen molar-refractivity contribution < 1.29 is 9.90 Å². The largest absolute Gasteiger partial charge is 0.396 e. The summed E-state index contributed by atoms with van der Waals surface area (Å²) in [5, 5.41) is 16.3. The molecule has 5 heteroatoms. The first-order valence-electron chi connectivity index (χ1n) is 7.32. The van der Waals surface area contributed by atoms with Crippen LogP contribution >= 0.6 is 0 Å². The Bertz CT molecular complexity index is 484. The molecule has 1 unspecified atom stereocenters. The van der Waals surface area contributed by atoms with E-state index >= 15 is 0 Å². The summed E-state index contributed by atoms with van der Waals surface area (Å²) in [6.45, 7) is 8.73. The average Bonchev–Trinajstić information content (AvgIpc) is 3.12. The molecule has 0 spiro atoms. The molecular weight excluding hydrogens is 254 g/mol. The molecule has 0 saturated heterocycles. The minimum Gasteiger partial charge on any atom is -0.396 e. The molecule has 5 nitrogen and oxygen atoms in total. The predicted octanol–water partition coefficient (Wildman–Crippen LogP) is 1.87. The molecule has 1 aromatic rings. The van der Waals surface area contributed by atoms with Gasteiger partial charge in [-0.2, -0.15) is 5.10 Å². The van der Waals surface area contributed by atoms with Crippen molar-refractivity contribution in [3.63, 3.8) is 0 Å². The Hall–Kier alpha value is -1.36. The van der Waals surface area contributed by atoms with Gasteiger partial charge < -0.3 is 10.4 Å². The zero-order valence-corrected chi connectivity index (χ0v) is 12.8. The van der Waals surface area contributed by atoms with Crippen LogP contribution in [-0.2, 0) is 5.54 Å². The third-order valence-electron chi connectivity index (χ3n) is 3.52. The van der Waals surface area contributed by atoms with Gasteiger partial charge in [0.25, 0.3) is 5.91 Å². The summed E-state index contributed by atoms with van der Waals surface area (Å²) in [5.41, 5.74) is 1.53. The normalized spacial score (nSPS) is 17.1. The van der Waals surface area contributed by atoms with Crippen LogP contribution < -0.4 is 5.32 Å². The third-order valence-corrected chi connectivity index (χ3v) is 3.52. The van der Waals surface area contributed by atoms with Crippen molar-refractivity contribution in [2.45, 2.75) is 52.0 Å². The molecule has 1 aliphatic rings. The van der Waals surface area contributed by atoms with Crippen LogP contribution in [0.3, 0.4) is 0 Å². The summed E-state index contributed by atoms with van der Waals surface area (Å²) in [7, 11) is 0. The maximum Gasteiger partial charge on any atom is 0.271 e. The number of aromatic nitrogens is 2. The van der Waals surface area contributed by atoms with E-state index in [4.69, 9.17) is 5.11 Å². The molecule has 2 rings (SSSR count). The van der Waals surface area contributed by atoms with Gasteiger partial charge in [0.05, 0.1) is 5.54 Å². The highest BCUT2D eigenvalue weighted by Crippen LogP contribution is 2.41. The van der Waals surface area contributed by atoms with Gasteiger partial charge in [-0.1, -0.05) is 6.92 Å². The molecule has 20 heavy (non-hydrogen) atoms. The second kappa shape index (κ2) is 5.56. The number of rotatable bonds is 5. The van der Waals surface area contributed by atoms with Gasteiger partial charge >= 0.3 is 0 Å². The number of aliphatic hydroxyl groups excluding tert-OH is 1. The number of aliphatic hydroxyl groups is 1. The van der Waals surface area contributed by atoms with E-state index in [1.165, 1.54) is 12.8 Å². The van der Waals surface area contributed by atoms with Gasteiger partial charge in [-0.15, -0.1) is 0 Å². The molecule has 1 heterocycles. The van der Waals surface area contributed by atoms with E-state index in [9.17, 15) is 4.79 Å². The van der Waals surface area contributed by atoms with Crippen LogP contribution in [0.5, 0.6) is 0 Å². The number of carbonyl (C=O) groups is 1. The Kier molecular flexibility index (Phi) is 4.18. The SMILES string of the molecule is CC(CO)CNC(=O)c1cc(C2CC2)n(C(C)(C)C)n1. The van der Waals surface area contributed by atoms with E-state index in [0.29, 0.717) is 18.2 Å². The van der Waals surface area contributed by atoms with Crippen molar-refractivity contribution in [1.82, 2.24) is 15.1 Å². The Morgan fingerprint density at radius 3 is 2.70 bits per heavy atom. The highest BCUT2D eigenvalue weighted by Gasteiger charge is 2.32. The van der Waals surface area contributed by atoms with Gasteiger partial charge in [0, 0.05) is 24.8 Å². The Morgan fingerprint density at radius 2 is 2.20 bits per heavy atom. The predicted molar refractivity (Wildman–Crippen MR) is 77.8 cm³/mol. The second-order valence-electron chi connectivity index (χ2n) is 6.81. The lowest BCUT2D eigenvalue weighted by Crippen LogP contribution is -2.30. The standard InChI is InChI=1S/C15H25N3O2/c1-10(9-19)8-16-14(20)12-7-13(11-5-6-11)18(17-12)15(2,3)4/h7,10-11,19H,5-6,8-9H2,1-4H3,(H,16,20). The first kappa shape index (κ1) is 15.0. The van der Waals surface area contributed by atoms with Crippen molar-refractivity contribution >= 4 is 5.91 Å². The number of hydrogen-bond acceptors (Lipinski definition) is 3. The number of nitrogens with one attached hydrogen (secondary N) is 1. The molecular formula is C15H25N3O2. The van der Waals surface area contributed by atoms with Gasteiger partial charge in [-0.05, 0) is 45.6 Å². The molecule has 1 amide bonds. The number of amides is 1. The first-order chi connectivity index (χ1) is 9.32. The summed E-state index contributed by atoms with van der Waals surface area (Å²) in [6, 6.07) is 1.92. The van der Waals surface area contributed by atoms with E-state index in [-0.39, 0.29) is 24.0 Å². The monoisotopic (exact) mass is 279 g/mol. The molecule has 2 N–H and O–H groups in total. The molecule has 1 saturated carbocycles. The van der Waals surface area contributed by atoms with Gasteiger partial charge in [-0.25, -0.2) is 0 Å². The van der Waals surface area contributed by atoms with E-state index in [2.05, 4.69) is 31.2 Å². The smallest absolute Gasteiger partial charge is 0.271 e. The molecule has 0 aliphatic heterocycles. The molecule has 112 valence electrons.